The quantitative estimate of drug-likeness (QED) is 0.769. The number of hydrogen-bond acceptors (Lipinski definition) is 3. The summed E-state index contributed by atoms with van der Waals surface area (Å²) < 4.78 is 0. The maximum absolute atomic E-state index is 5.82. The zero-order valence-electron chi connectivity index (χ0n) is 11.6. The lowest BCUT2D eigenvalue weighted by atomic mass is 10.1. The lowest BCUT2D eigenvalue weighted by Crippen LogP contribution is -1.99. The van der Waals surface area contributed by atoms with E-state index < -0.39 is 0 Å². The van der Waals surface area contributed by atoms with E-state index in [1.807, 2.05) is 12.1 Å². The number of nitrogens with one attached hydrogen (secondary N) is 1. The Balaban J connectivity index is 2.01. The van der Waals surface area contributed by atoms with Gasteiger partial charge in [0.1, 0.15) is 0 Å². The SMILES string of the molecule is Cc1ccc2nc(Sc3c(C)cccc3CN)[nH]c2c1. The summed E-state index contributed by atoms with van der Waals surface area (Å²) in [6.45, 7) is 4.73. The second-order valence-electron chi connectivity index (χ2n) is 4.93. The highest BCUT2D eigenvalue weighted by atomic mass is 32.2. The van der Waals surface area contributed by atoms with Gasteiger partial charge in [-0.15, -0.1) is 0 Å². The molecule has 0 atom stereocenters. The Hall–Kier alpha value is -1.78. The largest absolute Gasteiger partial charge is 0.333 e. The van der Waals surface area contributed by atoms with Crippen LogP contribution in [-0.2, 0) is 6.54 Å². The second kappa shape index (κ2) is 5.31. The fourth-order valence-corrected chi connectivity index (χ4v) is 3.27. The Bertz CT molecular complexity index is 762. The maximum Gasteiger partial charge on any atom is 0.171 e. The van der Waals surface area contributed by atoms with E-state index in [0.29, 0.717) is 6.54 Å². The molecule has 0 unspecified atom stereocenters. The molecular weight excluding hydrogens is 266 g/mol. The molecular formula is C16H17N3S. The zero-order chi connectivity index (χ0) is 14.1. The lowest BCUT2D eigenvalue weighted by Gasteiger charge is -2.08. The van der Waals surface area contributed by atoms with Crippen LogP contribution in [0.5, 0.6) is 0 Å². The Morgan fingerprint density at radius 3 is 2.85 bits per heavy atom. The van der Waals surface area contributed by atoms with E-state index in [2.05, 4.69) is 48.1 Å². The summed E-state index contributed by atoms with van der Waals surface area (Å²) >= 11 is 1.65. The van der Waals surface area contributed by atoms with Gasteiger partial charge in [-0.05, 0) is 42.7 Å². The molecule has 0 spiro atoms. The molecule has 0 bridgehead atoms. The number of hydrogen-bond donors (Lipinski definition) is 2. The molecule has 0 fully saturated rings. The van der Waals surface area contributed by atoms with E-state index in [0.717, 1.165) is 21.8 Å². The molecule has 0 aliphatic rings. The highest BCUT2D eigenvalue weighted by Crippen LogP contribution is 2.32. The third-order valence-electron chi connectivity index (χ3n) is 3.33. The van der Waals surface area contributed by atoms with Crippen LogP contribution in [0.3, 0.4) is 0 Å². The molecule has 20 heavy (non-hydrogen) atoms. The van der Waals surface area contributed by atoms with Crippen molar-refractivity contribution in [3.63, 3.8) is 0 Å². The second-order valence-corrected chi connectivity index (χ2v) is 5.93. The van der Waals surface area contributed by atoms with E-state index >= 15 is 0 Å². The van der Waals surface area contributed by atoms with Gasteiger partial charge in [-0.1, -0.05) is 36.0 Å². The fourth-order valence-electron chi connectivity index (χ4n) is 2.27. The van der Waals surface area contributed by atoms with Crippen LogP contribution in [0.4, 0.5) is 0 Å². The number of aryl methyl sites for hydroxylation is 2. The van der Waals surface area contributed by atoms with Gasteiger partial charge in [0, 0.05) is 11.4 Å². The Morgan fingerprint density at radius 2 is 2.05 bits per heavy atom. The molecule has 3 nitrogen and oxygen atoms in total. The van der Waals surface area contributed by atoms with E-state index in [4.69, 9.17) is 5.73 Å². The summed E-state index contributed by atoms with van der Waals surface area (Å²) in [7, 11) is 0. The minimum absolute atomic E-state index is 0.545. The van der Waals surface area contributed by atoms with Gasteiger partial charge in [0.05, 0.1) is 11.0 Å². The summed E-state index contributed by atoms with van der Waals surface area (Å²) in [5.74, 6) is 0. The minimum atomic E-state index is 0.545. The molecule has 0 saturated heterocycles. The van der Waals surface area contributed by atoms with Crippen molar-refractivity contribution in [2.75, 3.05) is 0 Å². The van der Waals surface area contributed by atoms with Crippen molar-refractivity contribution in [2.24, 2.45) is 5.73 Å². The van der Waals surface area contributed by atoms with Crippen molar-refractivity contribution < 1.29 is 0 Å². The van der Waals surface area contributed by atoms with E-state index in [1.54, 1.807) is 11.8 Å². The standard InChI is InChI=1S/C16H17N3S/c1-10-6-7-13-14(8-10)19-16(18-13)20-15-11(2)4-3-5-12(15)9-17/h3-8H,9,17H2,1-2H3,(H,18,19). The van der Waals surface area contributed by atoms with Crippen molar-refractivity contribution in [2.45, 2.75) is 30.4 Å². The predicted molar refractivity (Wildman–Crippen MR) is 84.0 cm³/mol. The number of rotatable bonds is 3. The first-order chi connectivity index (χ1) is 9.67. The molecule has 1 aromatic heterocycles. The smallest absolute Gasteiger partial charge is 0.171 e. The van der Waals surface area contributed by atoms with E-state index in [1.165, 1.54) is 16.0 Å². The van der Waals surface area contributed by atoms with Crippen LogP contribution in [0, 0.1) is 13.8 Å². The first-order valence-electron chi connectivity index (χ1n) is 6.60. The van der Waals surface area contributed by atoms with Crippen molar-refractivity contribution in [3.8, 4) is 0 Å². The van der Waals surface area contributed by atoms with Gasteiger partial charge in [0.15, 0.2) is 5.16 Å². The van der Waals surface area contributed by atoms with Crippen LogP contribution in [0.2, 0.25) is 0 Å². The molecule has 1 heterocycles. The molecule has 3 aromatic rings. The predicted octanol–water partition coefficient (Wildman–Crippen LogP) is 3.79. The number of benzene rings is 2. The van der Waals surface area contributed by atoms with Gasteiger partial charge in [0.2, 0.25) is 0 Å². The van der Waals surface area contributed by atoms with Crippen molar-refractivity contribution in [1.29, 1.82) is 0 Å². The average molecular weight is 283 g/mol. The summed E-state index contributed by atoms with van der Waals surface area (Å²) in [5.41, 5.74) is 11.5. The molecule has 3 rings (SSSR count). The van der Waals surface area contributed by atoms with Gasteiger partial charge in [-0.2, -0.15) is 0 Å². The van der Waals surface area contributed by atoms with Crippen molar-refractivity contribution in [1.82, 2.24) is 9.97 Å². The number of nitrogens with zero attached hydrogens (tertiary/aromatic N) is 1. The normalized spacial score (nSPS) is 11.2. The Morgan fingerprint density at radius 1 is 1.20 bits per heavy atom. The highest BCUT2D eigenvalue weighted by Gasteiger charge is 2.10. The van der Waals surface area contributed by atoms with E-state index in [-0.39, 0.29) is 0 Å². The lowest BCUT2D eigenvalue weighted by molar-refractivity contribution is 1.00. The van der Waals surface area contributed by atoms with Crippen LogP contribution in [-0.4, -0.2) is 9.97 Å². The molecule has 3 N–H and O–H groups in total. The first-order valence-corrected chi connectivity index (χ1v) is 7.42. The number of fused-ring (bicyclic) bond motifs is 1. The number of nitrogens with two attached hydrogens (primary N) is 1. The number of imidazole rings is 1. The van der Waals surface area contributed by atoms with Gasteiger partial charge in [-0.3, -0.25) is 0 Å². The molecule has 0 amide bonds. The number of aromatic nitrogens is 2. The van der Waals surface area contributed by atoms with E-state index in [9.17, 15) is 0 Å². The zero-order valence-corrected chi connectivity index (χ0v) is 12.4. The van der Waals surface area contributed by atoms with Crippen LogP contribution in [0.1, 0.15) is 16.7 Å². The maximum atomic E-state index is 5.82. The third kappa shape index (κ3) is 2.44. The molecule has 102 valence electrons. The third-order valence-corrected chi connectivity index (χ3v) is 4.50. The van der Waals surface area contributed by atoms with Crippen LogP contribution in [0.25, 0.3) is 11.0 Å². The van der Waals surface area contributed by atoms with Gasteiger partial charge < -0.3 is 10.7 Å². The molecule has 0 aliphatic heterocycles. The van der Waals surface area contributed by atoms with Gasteiger partial charge >= 0.3 is 0 Å². The highest BCUT2D eigenvalue weighted by molar-refractivity contribution is 7.99. The molecule has 4 heteroatoms. The minimum Gasteiger partial charge on any atom is -0.333 e. The molecule has 0 saturated carbocycles. The van der Waals surface area contributed by atoms with Crippen molar-refractivity contribution in [3.05, 3.63) is 53.1 Å². The topological polar surface area (TPSA) is 54.7 Å². The fraction of sp³-hybridized carbons (Fsp3) is 0.188. The summed E-state index contributed by atoms with van der Waals surface area (Å²) in [6.07, 6.45) is 0. The van der Waals surface area contributed by atoms with Crippen molar-refractivity contribution >= 4 is 22.8 Å². The first kappa shape index (κ1) is 13.2. The summed E-state index contributed by atoms with van der Waals surface area (Å²) in [6, 6.07) is 12.5. The number of H-pyrrole nitrogens is 1. The molecule has 0 aliphatic carbocycles. The van der Waals surface area contributed by atoms with Crippen LogP contribution < -0.4 is 5.73 Å². The van der Waals surface area contributed by atoms with Gasteiger partial charge in [-0.25, -0.2) is 4.98 Å². The average Bonchev–Trinajstić information content (AvgIpc) is 2.82. The molecule has 0 radical (unpaired) electrons. The van der Waals surface area contributed by atoms with Gasteiger partial charge in [0.25, 0.3) is 0 Å². The summed E-state index contributed by atoms with van der Waals surface area (Å²) in [5, 5.41) is 0.912. The Labute approximate surface area is 122 Å². The Kier molecular flexibility index (Phi) is 3.51. The monoisotopic (exact) mass is 283 g/mol. The van der Waals surface area contributed by atoms with Crippen LogP contribution >= 0.6 is 11.8 Å². The molecule has 2 aromatic carbocycles. The number of aromatic amines is 1. The summed E-state index contributed by atoms with van der Waals surface area (Å²) in [4.78, 5) is 9.21. The van der Waals surface area contributed by atoms with Crippen LogP contribution in [0.15, 0.2) is 46.5 Å².